The summed E-state index contributed by atoms with van der Waals surface area (Å²) < 4.78 is 10.3. The summed E-state index contributed by atoms with van der Waals surface area (Å²) in [6.45, 7) is 4.60. The molecule has 0 aliphatic rings. The van der Waals surface area contributed by atoms with E-state index >= 15 is 0 Å². The van der Waals surface area contributed by atoms with E-state index in [1.54, 1.807) is 0 Å². The van der Waals surface area contributed by atoms with Crippen LogP contribution in [0.1, 0.15) is 32.3 Å². The molecule has 0 aromatic heterocycles. The second-order valence-corrected chi connectivity index (χ2v) is 6.19. The van der Waals surface area contributed by atoms with E-state index in [0.717, 1.165) is 5.56 Å². The van der Waals surface area contributed by atoms with Crippen LogP contribution in [0.2, 0.25) is 0 Å². The van der Waals surface area contributed by atoms with Crippen LogP contribution < -0.4 is 11.1 Å². The molecule has 0 unspecified atom stereocenters. The van der Waals surface area contributed by atoms with Crippen LogP contribution in [0.4, 0.5) is 0 Å². The maximum Gasteiger partial charge on any atom is 0.330 e. The summed E-state index contributed by atoms with van der Waals surface area (Å²) >= 11 is 0. The first-order valence-electron chi connectivity index (χ1n) is 8.26. The molecule has 6 nitrogen and oxygen atoms in total. The molecule has 1 aromatic carbocycles. The SMILES string of the molecule is COC(=O)[C@H](COCc1ccccc1)NC(=O)CC[C@H]([NH3+])C(C)C.S.S. The van der Waals surface area contributed by atoms with E-state index in [4.69, 9.17) is 9.47 Å². The van der Waals surface area contributed by atoms with Crippen LogP contribution >= 0.6 is 27.0 Å². The van der Waals surface area contributed by atoms with Crippen molar-refractivity contribution < 1.29 is 24.8 Å². The molecule has 0 heterocycles. The van der Waals surface area contributed by atoms with Gasteiger partial charge in [0, 0.05) is 18.8 Å². The molecule has 1 rings (SSSR count). The van der Waals surface area contributed by atoms with Crippen molar-refractivity contribution in [2.45, 2.75) is 45.4 Å². The number of carbonyl (C=O) groups is 2. The molecule has 0 aliphatic heterocycles. The van der Waals surface area contributed by atoms with E-state index < -0.39 is 12.0 Å². The van der Waals surface area contributed by atoms with Gasteiger partial charge < -0.3 is 20.5 Å². The van der Waals surface area contributed by atoms with Gasteiger partial charge in [0.05, 0.1) is 26.4 Å². The van der Waals surface area contributed by atoms with E-state index in [1.807, 2.05) is 30.3 Å². The van der Waals surface area contributed by atoms with Crippen molar-refractivity contribution >= 4 is 38.9 Å². The lowest BCUT2D eigenvalue weighted by Gasteiger charge is -2.17. The third-order valence-corrected chi connectivity index (χ3v) is 3.90. The number of nitrogens with one attached hydrogen (secondary N) is 1. The molecule has 0 saturated heterocycles. The first-order valence-corrected chi connectivity index (χ1v) is 8.26. The topological polar surface area (TPSA) is 92.3 Å². The summed E-state index contributed by atoms with van der Waals surface area (Å²) in [6, 6.07) is 9.05. The number of amides is 1. The zero-order valence-corrected chi connectivity index (χ0v) is 17.8. The molecule has 4 N–H and O–H groups in total. The summed E-state index contributed by atoms with van der Waals surface area (Å²) in [5.41, 5.74) is 5.03. The van der Waals surface area contributed by atoms with Gasteiger partial charge in [0.2, 0.25) is 5.91 Å². The van der Waals surface area contributed by atoms with Crippen LogP contribution in [-0.2, 0) is 25.7 Å². The lowest BCUT2D eigenvalue weighted by atomic mass is 10.0. The Balaban J connectivity index is 0. The van der Waals surface area contributed by atoms with Crippen LogP contribution in [0.5, 0.6) is 0 Å². The lowest BCUT2D eigenvalue weighted by Crippen LogP contribution is -2.63. The molecule has 1 aromatic rings. The molecule has 8 heteroatoms. The highest BCUT2D eigenvalue weighted by atomic mass is 32.1. The molecule has 1 amide bonds. The number of hydrogen-bond acceptors (Lipinski definition) is 4. The van der Waals surface area contributed by atoms with Gasteiger partial charge in [-0.3, -0.25) is 4.79 Å². The van der Waals surface area contributed by atoms with Gasteiger partial charge in [0.25, 0.3) is 0 Å². The molecule has 26 heavy (non-hydrogen) atoms. The molecule has 0 fully saturated rings. The second kappa shape index (κ2) is 14.9. The van der Waals surface area contributed by atoms with Crippen molar-refractivity contribution in [1.29, 1.82) is 0 Å². The summed E-state index contributed by atoms with van der Waals surface area (Å²) in [5.74, 6) is -0.280. The molecule has 0 spiro atoms. The average Bonchev–Trinajstić information content (AvgIpc) is 2.58. The molecule has 0 saturated carbocycles. The highest BCUT2D eigenvalue weighted by Crippen LogP contribution is 2.05. The van der Waals surface area contributed by atoms with Crippen LogP contribution in [0.15, 0.2) is 30.3 Å². The maximum atomic E-state index is 12.0. The first-order chi connectivity index (χ1) is 11.4. The first kappa shape index (κ1) is 27.0. The van der Waals surface area contributed by atoms with Gasteiger partial charge in [-0.05, 0) is 5.56 Å². The van der Waals surface area contributed by atoms with Gasteiger partial charge in [0.15, 0.2) is 6.04 Å². The quantitative estimate of drug-likeness (QED) is 0.571. The van der Waals surface area contributed by atoms with Gasteiger partial charge in [-0.1, -0.05) is 44.2 Å². The van der Waals surface area contributed by atoms with Crippen molar-refractivity contribution in [2.75, 3.05) is 13.7 Å². The number of rotatable bonds is 10. The number of quaternary nitrogens is 1. The highest BCUT2D eigenvalue weighted by Gasteiger charge is 2.22. The Morgan fingerprint density at radius 2 is 1.77 bits per heavy atom. The van der Waals surface area contributed by atoms with Crippen LogP contribution in [-0.4, -0.2) is 37.7 Å². The lowest BCUT2D eigenvalue weighted by molar-refractivity contribution is -0.432. The molecule has 0 bridgehead atoms. The maximum absolute atomic E-state index is 12.0. The summed E-state index contributed by atoms with van der Waals surface area (Å²) in [5, 5.41) is 2.68. The van der Waals surface area contributed by atoms with E-state index in [-0.39, 0.29) is 45.5 Å². The molecular formula is C18H33N2O4S2+. The zero-order chi connectivity index (χ0) is 17.9. The number of benzene rings is 1. The molecule has 2 atom stereocenters. The van der Waals surface area contributed by atoms with Gasteiger partial charge in [-0.15, -0.1) is 0 Å². The molecule has 150 valence electrons. The Labute approximate surface area is 170 Å². The minimum atomic E-state index is -0.798. The van der Waals surface area contributed by atoms with Gasteiger partial charge in [-0.2, -0.15) is 27.0 Å². The predicted octanol–water partition coefficient (Wildman–Crippen LogP) is 1.13. The minimum Gasteiger partial charge on any atom is -0.467 e. The smallest absolute Gasteiger partial charge is 0.330 e. The third-order valence-electron chi connectivity index (χ3n) is 3.90. The molecule has 0 aliphatic carbocycles. The number of hydrogen-bond donors (Lipinski definition) is 2. The molecular weight excluding hydrogens is 372 g/mol. The summed E-state index contributed by atoms with van der Waals surface area (Å²) in [7, 11) is 1.30. The van der Waals surface area contributed by atoms with Crippen molar-refractivity contribution in [2.24, 2.45) is 5.92 Å². The Hall–Kier alpha value is -1.22. The standard InChI is InChI=1S/C18H28N2O4.2H2S/c1-13(2)15(19)9-10-17(21)20-16(18(22)23-3)12-24-11-14-7-5-4-6-8-14;;/h4-8,13,15-16H,9-12,19H2,1-3H3,(H,20,21);2*1H2/p+1/t15-,16-;;/m0../s1. The van der Waals surface area contributed by atoms with Gasteiger partial charge in [-0.25, -0.2) is 4.79 Å². The monoisotopic (exact) mass is 405 g/mol. The third kappa shape index (κ3) is 10.7. The predicted molar refractivity (Wildman–Crippen MR) is 112 cm³/mol. The van der Waals surface area contributed by atoms with Gasteiger partial charge >= 0.3 is 5.97 Å². The van der Waals surface area contributed by atoms with Crippen LogP contribution in [0.3, 0.4) is 0 Å². The fourth-order valence-electron chi connectivity index (χ4n) is 2.10. The van der Waals surface area contributed by atoms with E-state index in [0.29, 0.717) is 25.4 Å². The van der Waals surface area contributed by atoms with Crippen LogP contribution in [0, 0.1) is 5.92 Å². The largest absolute Gasteiger partial charge is 0.467 e. The summed E-state index contributed by atoms with van der Waals surface area (Å²) in [4.78, 5) is 23.8. The average molecular weight is 406 g/mol. The van der Waals surface area contributed by atoms with Crippen molar-refractivity contribution in [1.82, 2.24) is 5.32 Å². The fourth-order valence-corrected chi connectivity index (χ4v) is 2.10. The van der Waals surface area contributed by atoms with Crippen molar-refractivity contribution in [3.8, 4) is 0 Å². The Morgan fingerprint density at radius 1 is 1.15 bits per heavy atom. The Morgan fingerprint density at radius 3 is 2.31 bits per heavy atom. The van der Waals surface area contributed by atoms with E-state index in [2.05, 4.69) is 24.9 Å². The van der Waals surface area contributed by atoms with Crippen molar-refractivity contribution in [3.63, 3.8) is 0 Å². The van der Waals surface area contributed by atoms with E-state index in [9.17, 15) is 9.59 Å². The van der Waals surface area contributed by atoms with E-state index in [1.165, 1.54) is 7.11 Å². The minimum absolute atomic E-state index is 0. The number of carbonyl (C=O) groups excluding carboxylic acids is 2. The Bertz CT molecular complexity index is 515. The van der Waals surface area contributed by atoms with Gasteiger partial charge in [0.1, 0.15) is 0 Å². The number of ether oxygens (including phenoxy) is 2. The fraction of sp³-hybridized carbons (Fsp3) is 0.556. The molecule has 0 radical (unpaired) electrons. The second-order valence-electron chi connectivity index (χ2n) is 6.19. The van der Waals surface area contributed by atoms with Crippen LogP contribution in [0.25, 0.3) is 0 Å². The Kier molecular flexibility index (Phi) is 15.5. The number of esters is 1. The zero-order valence-electron chi connectivity index (χ0n) is 15.8. The number of methoxy groups -OCH3 is 1. The highest BCUT2D eigenvalue weighted by molar-refractivity contribution is 7.59. The normalized spacial score (nSPS) is 12.3. The summed E-state index contributed by atoms with van der Waals surface area (Å²) in [6.07, 6.45) is 1.01. The van der Waals surface area contributed by atoms with Crippen molar-refractivity contribution in [3.05, 3.63) is 35.9 Å².